The Morgan fingerprint density at radius 1 is 0.775 bits per heavy atom. The number of esters is 2. The first-order valence-electron chi connectivity index (χ1n) is 14.8. The Hall–Kier alpha value is -1.38. The lowest BCUT2D eigenvalue weighted by Gasteiger charge is -2.37. The average molecular weight is 575 g/mol. The number of carbonyl (C=O) groups is 2. The molecule has 5 rings (SSSR count). The average Bonchev–Trinajstić information content (AvgIpc) is 3.63. The fourth-order valence-corrected chi connectivity index (χ4v) is 6.10. The van der Waals surface area contributed by atoms with Gasteiger partial charge in [0, 0.05) is 6.42 Å². The van der Waals surface area contributed by atoms with Crippen molar-refractivity contribution >= 4 is 11.9 Å². The van der Waals surface area contributed by atoms with Crippen LogP contribution in [0.4, 0.5) is 0 Å². The number of hydrogen-bond donors (Lipinski definition) is 4. The number of aliphatic hydroxyl groups is 4. The summed E-state index contributed by atoms with van der Waals surface area (Å²) >= 11 is 0. The highest BCUT2D eigenvalue weighted by Gasteiger charge is 2.60. The highest BCUT2D eigenvalue weighted by molar-refractivity contribution is 5.74. The molecule has 1 saturated carbocycles. The van der Waals surface area contributed by atoms with Crippen LogP contribution >= 0.6 is 0 Å². The first-order valence-corrected chi connectivity index (χ1v) is 14.8. The first kappa shape index (κ1) is 31.6. The molecule has 2 unspecified atom stereocenters. The molecule has 1 aliphatic carbocycles. The summed E-state index contributed by atoms with van der Waals surface area (Å²) < 4.78 is 31.6. The number of rotatable bonds is 11. The van der Waals surface area contributed by atoms with Gasteiger partial charge in [-0.2, -0.15) is 0 Å². The molecule has 5 aliphatic rings. The van der Waals surface area contributed by atoms with Crippen molar-refractivity contribution in [1.29, 1.82) is 0 Å². The van der Waals surface area contributed by atoms with E-state index >= 15 is 0 Å². The van der Waals surface area contributed by atoms with Crippen molar-refractivity contribution < 1.29 is 58.4 Å². The number of carbonyl (C=O) groups excluding carboxylic acids is 2. The van der Waals surface area contributed by atoms with E-state index in [0.29, 0.717) is 5.92 Å². The molecule has 0 aromatic rings. The van der Waals surface area contributed by atoms with E-state index in [9.17, 15) is 30.0 Å². The normalized spacial score (nSPS) is 41.5. The van der Waals surface area contributed by atoms with Gasteiger partial charge in [-0.15, -0.1) is 0 Å². The largest absolute Gasteiger partial charge is 0.428 e. The van der Waals surface area contributed by atoms with Crippen LogP contribution in [0.5, 0.6) is 0 Å². The fraction of sp³-hybridized carbons (Fsp3) is 0.929. The van der Waals surface area contributed by atoms with E-state index < -0.39 is 54.2 Å². The van der Waals surface area contributed by atoms with Crippen LogP contribution in [-0.4, -0.2) is 107 Å². The Morgan fingerprint density at radius 3 is 1.88 bits per heavy atom. The molecule has 12 nitrogen and oxygen atoms in total. The molecular weight excluding hydrogens is 528 g/mol. The van der Waals surface area contributed by atoms with Crippen LogP contribution in [0.15, 0.2) is 0 Å². The minimum absolute atomic E-state index is 0.0895. The van der Waals surface area contributed by atoms with Gasteiger partial charge in [-0.25, -0.2) is 0 Å². The Kier molecular flexibility index (Phi) is 10.8. The van der Waals surface area contributed by atoms with Crippen LogP contribution in [-0.2, 0) is 38.0 Å². The van der Waals surface area contributed by atoms with Crippen molar-refractivity contribution in [2.75, 3.05) is 26.4 Å². The third kappa shape index (κ3) is 6.97. The van der Waals surface area contributed by atoms with E-state index in [0.717, 1.165) is 51.4 Å². The second kappa shape index (κ2) is 13.7. The molecule has 0 aromatic heterocycles. The van der Waals surface area contributed by atoms with Gasteiger partial charge < -0.3 is 48.8 Å². The number of aliphatic hydroxyl groups excluding tert-OH is 2. The van der Waals surface area contributed by atoms with E-state index in [1.807, 2.05) is 0 Å². The van der Waals surface area contributed by atoms with Gasteiger partial charge in [-0.3, -0.25) is 9.59 Å². The molecular formula is C28H46O12. The number of fused-ring (bicyclic) bond motifs is 2. The summed E-state index contributed by atoms with van der Waals surface area (Å²) in [5.41, 5.74) is 0. The van der Waals surface area contributed by atoms with Crippen molar-refractivity contribution in [2.45, 2.75) is 126 Å². The minimum Gasteiger partial charge on any atom is -0.428 e. The summed E-state index contributed by atoms with van der Waals surface area (Å²) in [6.07, 6.45) is 5.03. The van der Waals surface area contributed by atoms with Gasteiger partial charge in [0.25, 0.3) is 11.6 Å². The van der Waals surface area contributed by atoms with Crippen molar-refractivity contribution in [3.05, 3.63) is 0 Å². The maximum absolute atomic E-state index is 12.2. The molecule has 0 amide bonds. The van der Waals surface area contributed by atoms with Crippen LogP contribution in [0.3, 0.4) is 0 Å². The summed E-state index contributed by atoms with van der Waals surface area (Å²) in [6.45, 7) is 4.12. The molecule has 4 saturated heterocycles. The molecule has 230 valence electrons. The maximum atomic E-state index is 12.2. The summed E-state index contributed by atoms with van der Waals surface area (Å²) in [4.78, 5) is 23.9. The summed E-state index contributed by atoms with van der Waals surface area (Å²) in [7, 11) is 0. The smallest absolute Gasteiger partial charge is 0.311 e. The Labute approximate surface area is 235 Å². The van der Waals surface area contributed by atoms with Crippen LogP contribution in [0, 0.1) is 11.8 Å². The molecule has 5 fully saturated rings. The molecule has 0 aromatic carbocycles. The standard InChI is InChI=1S/C14H22O6.C14H24O6/c1-2-3-8-4-5-9(8)13(16)20-14(17)7-19-11-10(15)6-18-12(11)14;1-2-3-4-5-6-7-11(16)20-14(17)9-19-12-10(15)8-18-13(12)14/h8-12,15,17H,2-7H2,1H3;10,12-13,15,17H,2-9H2,1H3/t8?,9?,10-,11-,12+,14+;10-,12-,13+,14+/m11/s1. The molecule has 10 atom stereocenters. The summed E-state index contributed by atoms with van der Waals surface area (Å²) in [6, 6.07) is 0. The lowest BCUT2D eigenvalue weighted by atomic mass is 9.71. The quantitative estimate of drug-likeness (QED) is 0.157. The number of unbranched alkanes of at least 4 members (excludes halogenated alkanes) is 4. The predicted molar refractivity (Wildman–Crippen MR) is 138 cm³/mol. The zero-order chi connectivity index (χ0) is 28.9. The monoisotopic (exact) mass is 574 g/mol. The maximum Gasteiger partial charge on any atom is 0.311 e. The predicted octanol–water partition coefficient (Wildman–Crippen LogP) is 0.940. The lowest BCUT2D eigenvalue weighted by molar-refractivity contribution is -0.244. The molecule has 4 heterocycles. The van der Waals surface area contributed by atoms with Gasteiger partial charge in [0.15, 0.2) is 12.2 Å². The third-order valence-electron chi connectivity index (χ3n) is 8.53. The zero-order valence-corrected chi connectivity index (χ0v) is 23.6. The van der Waals surface area contributed by atoms with Gasteiger partial charge in [0.1, 0.15) is 37.6 Å². The van der Waals surface area contributed by atoms with Crippen molar-refractivity contribution in [2.24, 2.45) is 11.8 Å². The van der Waals surface area contributed by atoms with Gasteiger partial charge in [-0.05, 0) is 31.6 Å². The number of hydrogen-bond acceptors (Lipinski definition) is 12. The topological polar surface area (TPSA) is 170 Å². The van der Waals surface area contributed by atoms with E-state index in [1.54, 1.807) is 0 Å². The highest BCUT2D eigenvalue weighted by Crippen LogP contribution is 2.41. The third-order valence-corrected chi connectivity index (χ3v) is 8.53. The van der Waals surface area contributed by atoms with E-state index in [4.69, 9.17) is 28.4 Å². The second-order valence-corrected chi connectivity index (χ2v) is 11.7. The SMILES string of the molecule is CCCC1CCC1C(=O)O[C@@]1(O)CO[C@@H]2[C@H](O)CO[C@@H]21.CCCCCCCC(=O)O[C@@]1(O)CO[C@@H]2[C@H](O)CO[C@@H]21. The van der Waals surface area contributed by atoms with Gasteiger partial charge in [0.2, 0.25) is 0 Å². The summed E-state index contributed by atoms with van der Waals surface area (Å²) in [5, 5.41) is 39.9. The highest BCUT2D eigenvalue weighted by atomic mass is 16.7. The van der Waals surface area contributed by atoms with Crippen molar-refractivity contribution in [3.8, 4) is 0 Å². The van der Waals surface area contributed by atoms with Gasteiger partial charge in [0.05, 0.1) is 19.1 Å². The van der Waals surface area contributed by atoms with Crippen LogP contribution in [0.1, 0.15) is 78.1 Å². The summed E-state index contributed by atoms with van der Waals surface area (Å²) in [5.74, 6) is -4.09. The van der Waals surface area contributed by atoms with Crippen LogP contribution < -0.4 is 0 Å². The Morgan fingerprint density at radius 2 is 1.35 bits per heavy atom. The fourth-order valence-electron chi connectivity index (χ4n) is 6.10. The molecule has 4 aliphatic heterocycles. The Bertz CT molecular complexity index is 855. The molecule has 12 heteroatoms. The van der Waals surface area contributed by atoms with Crippen molar-refractivity contribution in [3.63, 3.8) is 0 Å². The lowest BCUT2D eigenvalue weighted by Crippen LogP contribution is -2.50. The first-order chi connectivity index (χ1) is 19.1. The second-order valence-electron chi connectivity index (χ2n) is 11.7. The van der Waals surface area contributed by atoms with E-state index in [2.05, 4.69) is 13.8 Å². The van der Waals surface area contributed by atoms with E-state index in [1.165, 1.54) is 6.42 Å². The van der Waals surface area contributed by atoms with Crippen molar-refractivity contribution in [1.82, 2.24) is 0 Å². The molecule has 0 spiro atoms. The van der Waals surface area contributed by atoms with Gasteiger partial charge >= 0.3 is 11.9 Å². The van der Waals surface area contributed by atoms with Crippen LogP contribution in [0.25, 0.3) is 0 Å². The zero-order valence-electron chi connectivity index (χ0n) is 23.6. The minimum atomic E-state index is -1.76. The van der Waals surface area contributed by atoms with Gasteiger partial charge in [-0.1, -0.05) is 46.0 Å². The molecule has 4 N–H and O–H groups in total. The number of ether oxygens (including phenoxy) is 6. The van der Waals surface area contributed by atoms with E-state index in [-0.39, 0.29) is 44.7 Å². The van der Waals surface area contributed by atoms with Crippen LogP contribution in [0.2, 0.25) is 0 Å². The molecule has 40 heavy (non-hydrogen) atoms. The molecule has 0 bridgehead atoms. The molecule has 0 radical (unpaired) electrons. The Balaban J connectivity index is 0.000000185.